The molecular weight excluding hydrogens is 482 g/mol. The first-order valence-corrected chi connectivity index (χ1v) is 13.5. The van der Waals surface area contributed by atoms with Crippen LogP contribution >= 0.6 is 0 Å². The van der Waals surface area contributed by atoms with E-state index in [1.807, 2.05) is 44.2 Å². The van der Waals surface area contributed by atoms with E-state index in [9.17, 15) is 18.0 Å². The summed E-state index contributed by atoms with van der Waals surface area (Å²) in [5.74, 6) is -0.926. The van der Waals surface area contributed by atoms with Gasteiger partial charge in [-0.05, 0) is 61.4 Å². The maximum absolute atomic E-state index is 13.6. The molecule has 2 aromatic carbocycles. The highest BCUT2D eigenvalue weighted by Crippen LogP contribution is 2.24. The van der Waals surface area contributed by atoms with Crippen molar-refractivity contribution in [1.82, 2.24) is 4.31 Å². The van der Waals surface area contributed by atoms with Crippen LogP contribution < -0.4 is 0 Å². The van der Waals surface area contributed by atoms with E-state index < -0.39 is 28.0 Å². The normalized spacial score (nSPS) is 12.5. The fourth-order valence-electron chi connectivity index (χ4n) is 3.67. The van der Waals surface area contributed by atoms with Crippen LogP contribution in [0.25, 0.3) is 0 Å². The zero-order chi connectivity index (χ0) is 26.6. The first-order chi connectivity index (χ1) is 17.2. The van der Waals surface area contributed by atoms with E-state index in [-0.39, 0.29) is 22.9 Å². The molecule has 9 heteroatoms. The van der Waals surface area contributed by atoms with Crippen LogP contribution in [0.1, 0.15) is 55.5 Å². The molecular formula is C27H37NO7S. The Morgan fingerprint density at radius 1 is 0.889 bits per heavy atom. The first kappa shape index (κ1) is 29.5. The molecule has 2 aromatic rings. The molecule has 0 aliphatic heterocycles. The smallest absolute Gasteiger partial charge is 0.337 e. The zero-order valence-electron chi connectivity index (χ0n) is 21.5. The highest BCUT2D eigenvalue weighted by Gasteiger charge is 2.36. The van der Waals surface area contributed by atoms with Gasteiger partial charge in [-0.3, -0.25) is 4.79 Å². The number of hydrogen-bond acceptors (Lipinski definition) is 7. The Hall–Kier alpha value is -2.75. The molecule has 2 rings (SSSR count). The lowest BCUT2D eigenvalue weighted by Crippen LogP contribution is -2.46. The zero-order valence-corrected chi connectivity index (χ0v) is 22.3. The topological polar surface area (TPSA) is 99.2 Å². The van der Waals surface area contributed by atoms with Crippen molar-refractivity contribution >= 4 is 22.0 Å². The van der Waals surface area contributed by atoms with E-state index in [2.05, 4.69) is 4.74 Å². The van der Waals surface area contributed by atoms with E-state index in [4.69, 9.17) is 9.47 Å². The molecule has 0 amide bonds. The Morgan fingerprint density at radius 2 is 1.56 bits per heavy atom. The van der Waals surface area contributed by atoms with E-state index in [1.165, 1.54) is 42.8 Å². The third-order valence-corrected chi connectivity index (χ3v) is 7.68. The van der Waals surface area contributed by atoms with Gasteiger partial charge in [0.05, 0.1) is 31.3 Å². The van der Waals surface area contributed by atoms with Crippen LogP contribution in [0.3, 0.4) is 0 Å². The fourth-order valence-corrected chi connectivity index (χ4v) is 5.29. The average molecular weight is 520 g/mol. The largest absolute Gasteiger partial charge is 0.468 e. The van der Waals surface area contributed by atoms with Gasteiger partial charge in [0.1, 0.15) is 6.04 Å². The number of esters is 2. The fraction of sp³-hybridized carbons (Fsp3) is 0.481. The SMILES string of the molecule is COC(=O)c1ccc(S(=O)(=O)N(CCC(C)C)[C@H](CCCCOCc2ccccc2)C(=O)OC)cc1. The highest BCUT2D eigenvalue weighted by atomic mass is 32.2. The molecule has 0 radical (unpaired) electrons. The van der Waals surface area contributed by atoms with Gasteiger partial charge in [0, 0.05) is 13.2 Å². The van der Waals surface area contributed by atoms with Gasteiger partial charge in [0.2, 0.25) is 10.0 Å². The number of benzene rings is 2. The summed E-state index contributed by atoms with van der Waals surface area (Å²) in [4.78, 5) is 24.5. The second-order valence-corrected chi connectivity index (χ2v) is 10.8. The third-order valence-electron chi connectivity index (χ3n) is 5.76. The van der Waals surface area contributed by atoms with Crippen molar-refractivity contribution in [2.24, 2.45) is 5.92 Å². The van der Waals surface area contributed by atoms with Crippen LogP contribution in [-0.2, 0) is 35.6 Å². The molecule has 0 aliphatic carbocycles. The number of methoxy groups -OCH3 is 2. The predicted octanol–water partition coefficient (Wildman–Crippen LogP) is 4.44. The maximum Gasteiger partial charge on any atom is 0.337 e. The van der Waals surface area contributed by atoms with E-state index in [1.54, 1.807) is 0 Å². The molecule has 1 atom stereocenters. The molecule has 0 heterocycles. The molecule has 8 nitrogen and oxygen atoms in total. The highest BCUT2D eigenvalue weighted by molar-refractivity contribution is 7.89. The Labute approximate surface area is 214 Å². The number of carbonyl (C=O) groups excluding carboxylic acids is 2. The quantitative estimate of drug-likeness (QED) is 0.253. The summed E-state index contributed by atoms with van der Waals surface area (Å²) in [5.41, 5.74) is 1.32. The number of rotatable bonds is 15. The van der Waals surface area contributed by atoms with Crippen LogP contribution in [-0.4, -0.2) is 58.1 Å². The lowest BCUT2D eigenvalue weighted by molar-refractivity contribution is -0.145. The summed E-state index contributed by atoms with van der Waals surface area (Å²) in [7, 11) is -1.52. The second-order valence-electron chi connectivity index (χ2n) is 8.89. The molecule has 0 bridgehead atoms. The molecule has 0 saturated carbocycles. The number of carbonyl (C=O) groups is 2. The van der Waals surface area contributed by atoms with Crippen molar-refractivity contribution < 1.29 is 32.2 Å². The van der Waals surface area contributed by atoms with Crippen molar-refractivity contribution in [3.8, 4) is 0 Å². The summed E-state index contributed by atoms with van der Waals surface area (Å²) in [6, 6.07) is 14.4. The van der Waals surface area contributed by atoms with Crippen molar-refractivity contribution in [3.63, 3.8) is 0 Å². The van der Waals surface area contributed by atoms with Gasteiger partial charge in [-0.25, -0.2) is 13.2 Å². The minimum absolute atomic E-state index is 0.000920. The number of ether oxygens (including phenoxy) is 3. The Kier molecular flexibility index (Phi) is 12.1. The number of sulfonamides is 1. The Balaban J connectivity index is 2.14. The van der Waals surface area contributed by atoms with E-state index in [0.717, 1.165) is 5.56 Å². The second kappa shape index (κ2) is 14.7. The number of nitrogens with zero attached hydrogens (tertiary/aromatic N) is 1. The van der Waals surface area contributed by atoms with Crippen molar-refractivity contribution in [2.45, 2.75) is 57.1 Å². The third kappa shape index (κ3) is 8.72. The van der Waals surface area contributed by atoms with Crippen molar-refractivity contribution in [2.75, 3.05) is 27.4 Å². The molecule has 0 aromatic heterocycles. The van der Waals surface area contributed by atoms with Crippen LogP contribution in [0, 0.1) is 5.92 Å². The monoisotopic (exact) mass is 519 g/mol. The molecule has 0 fully saturated rings. The van der Waals surface area contributed by atoms with Crippen LogP contribution in [0.4, 0.5) is 0 Å². The van der Waals surface area contributed by atoms with E-state index >= 15 is 0 Å². The van der Waals surface area contributed by atoms with Gasteiger partial charge < -0.3 is 14.2 Å². The van der Waals surface area contributed by atoms with Gasteiger partial charge in [-0.15, -0.1) is 0 Å². The molecule has 0 spiro atoms. The molecule has 198 valence electrons. The first-order valence-electron chi connectivity index (χ1n) is 12.1. The minimum Gasteiger partial charge on any atom is -0.468 e. The van der Waals surface area contributed by atoms with Gasteiger partial charge in [-0.2, -0.15) is 4.31 Å². The number of unbranched alkanes of at least 4 members (excludes halogenated alkanes) is 1. The molecule has 36 heavy (non-hydrogen) atoms. The van der Waals surface area contributed by atoms with Crippen LogP contribution in [0.2, 0.25) is 0 Å². The summed E-state index contributed by atoms with van der Waals surface area (Å²) in [6.45, 7) is 5.15. The summed E-state index contributed by atoms with van der Waals surface area (Å²) >= 11 is 0. The minimum atomic E-state index is -4.03. The lowest BCUT2D eigenvalue weighted by Gasteiger charge is -2.30. The van der Waals surface area contributed by atoms with E-state index in [0.29, 0.717) is 38.9 Å². The Bertz CT molecular complexity index is 1050. The standard InChI is InChI=1S/C27H37NO7S/c1-21(2)17-18-28(36(31,32)24-15-13-23(14-16-24)26(29)33-3)25(27(30)34-4)12-8-9-19-35-20-22-10-6-5-7-11-22/h5-7,10-11,13-16,21,25H,8-9,12,17-20H2,1-4H3/t25-/m1/s1. The molecule has 0 aliphatic rings. The van der Waals surface area contributed by atoms with Gasteiger partial charge in [0.15, 0.2) is 0 Å². The summed E-state index contributed by atoms with van der Waals surface area (Å²) < 4.78 is 43.9. The van der Waals surface area contributed by atoms with Crippen LogP contribution in [0.5, 0.6) is 0 Å². The van der Waals surface area contributed by atoms with Gasteiger partial charge in [-0.1, -0.05) is 44.2 Å². The Morgan fingerprint density at radius 3 is 2.14 bits per heavy atom. The molecule has 0 saturated heterocycles. The summed E-state index contributed by atoms with van der Waals surface area (Å²) in [5, 5.41) is 0. The van der Waals surface area contributed by atoms with Crippen molar-refractivity contribution in [1.29, 1.82) is 0 Å². The molecule has 0 N–H and O–H groups in total. The average Bonchev–Trinajstić information content (AvgIpc) is 2.88. The molecule has 0 unspecified atom stereocenters. The lowest BCUT2D eigenvalue weighted by atomic mass is 10.1. The van der Waals surface area contributed by atoms with Crippen LogP contribution in [0.15, 0.2) is 59.5 Å². The van der Waals surface area contributed by atoms with Gasteiger partial charge >= 0.3 is 11.9 Å². The predicted molar refractivity (Wildman–Crippen MR) is 137 cm³/mol. The summed E-state index contributed by atoms with van der Waals surface area (Å²) in [6.07, 6.45) is 2.14. The van der Waals surface area contributed by atoms with Gasteiger partial charge in [0.25, 0.3) is 0 Å². The maximum atomic E-state index is 13.6. The van der Waals surface area contributed by atoms with Crippen molar-refractivity contribution in [3.05, 3.63) is 65.7 Å². The number of hydrogen-bond donors (Lipinski definition) is 0.